The van der Waals surface area contributed by atoms with Gasteiger partial charge in [0.2, 0.25) is 5.91 Å². The monoisotopic (exact) mass is 317 g/mol. The first-order chi connectivity index (χ1) is 10.6. The van der Waals surface area contributed by atoms with Gasteiger partial charge in [-0.1, -0.05) is 41.9 Å². The van der Waals surface area contributed by atoms with Gasteiger partial charge in [0.25, 0.3) is 0 Å². The fourth-order valence-corrected chi connectivity index (χ4v) is 2.16. The Kier molecular flexibility index (Phi) is 5.55. The normalized spacial score (nSPS) is 10.1. The second-order valence-electron chi connectivity index (χ2n) is 4.73. The molecule has 0 saturated heterocycles. The molecule has 2 aromatic carbocycles. The second kappa shape index (κ2) is 7.61. The van der Waals surface area contributed by atoms with Crippen molar-refractivity contribution in [2.75, 3.05) is 7.11 Å². The molecule has 114 valence electrons. The summed E-state index contributed by atoms with van der Waals surface area (Å²) in [6.45, 7) is 0.394. The SMILES string of the molecule is COC(=O)c1ccc(CNC(=O)Cc2ccccc2Cl)cc1. The first-order valence-corrected chi connectivity index (χ1v) is 7.15. The van der Waals surface area contributed by atoms with Gasteiger partial charge < -0.3 is 10.1 Å². The van der Waals surface area contributed by atoms with Crippen LogP contribution in [0.3, 0.4) is 0 Å². The summed E-state index contributed by atoms with van der Waals surface area (Å²) in [6, 6.07) is 14.2. The Morgan fingerprint density at radius 2 is 1.77 bits per heavy atom. The average Bonchev–Trinajstić information content (AvgIpc) is 2.55. The van der Waals surface area contributed by atoms with E-state index in [0.29, 0.717) is 17.1 Å². The zero-order valence-electron chi connectivity index (χ0n) is 12.1. The van der Waals surface area contributed by atoms with Crippen molar-refractivity contribution in [1.29, 1.82) is 0 Å². The zero-order valence-corrected chi connectivity index (χ0v) is 12.9. The Balaban J connectivity index is 1.89. The number of halogens is 1. The number of rotatable bonds is 5. The second-order valence-corrected chi connectivity index (χ2v) is 5.14. The third-order valence-electron chi connectivity index (χ3n) is 3.17. The van der Waals surface area contributed by atoms with E-state index in [1.807, 2.05) is 18.2 Å². The van der Waals surface area contributed by atoms with E-state index in [1.54, 1.807) is 30.3 Å². The molecular weight excluding hydrogens is 302 g/mol. The van der Waals surface area contributed by atoms with Gasteiger partial charge in [0.05, 0.1) is 19.1 Å². The van der Waals surface area contributed by atoms with Crippen LogP contribution in [-0.4, -0.2) is 19.0 Å². The van der Waals surface area contributed by atoms with E-state index < -0.39 is 0 Å². The van der Waals surface area contributed by atoms with Crippen LogP contribution in [0.1, 0.15) is 21.5 Å². The molecule has 0 aliphatic carbocycles. The Morgan fingerprint density at radius 3 is 2.41 bits per heavy atom. The van der Waals surface area contributed by atoms with Gasteiger partial charge in [-0.3, -0.25) is 4.79 Å². The van der Waals surface area contributed by atoms with Crippen LogP contribution in [0.15, 0.2) is 48.5 Å². The number of benzene rings is 2. The fraction of sp³-hybridized carbons (Fsp3) is 0.176. The van der Waals surface area contributed by atoms with Crippen LogP contribution in [0.5, 0.6) is 0 Å². The lowest BCUT2D eigenvalue weighted by molar-refractivity contribution is -0.120. The highest BCUT2D eigenvalue weighted by molar-refractivity contribution is 6.31. The highest BCUT2D eigenvalue weighted by atomic mass is 35.5. The molecule has 5 heteroatoms. The number of carbonyl (C=O) groups excluding carboxylic acids is 2. The molecule has 0 radical (unpaired) electrons. The summed E-state index contributed by atoms with van der Waals surface area (Å²) in [5, 5.41) is 3.41. The van der Waals surface area contributed by atoms with Crippen LogP contribution in [0.4, 0.5) is 0 Å². The van der Waals surface area contributed by atoms with Crippen LogP contribution in [0, 0.1) is 0 Å². The molecule has 4 nitrogen and oxygen atoms in total. The summed E-state index contributed by atoms with van der Waals surface area (Å²) in [6.07, 6.45) is 0.236. The van der Waals surface area contributed by atoms with Gasteiger partial charge in [-0.05, 0) is 29.3 Å². The average molecular weight is 318 g/mol. The number of hydrogen-bond donors (Lipinski definition) is 1. The Labute approximate surface area is 134 Å². The largest absolute Gasteiger partial charge is 0.465 e. The van der Waals surface area contributed by atoms with E-state index in [4.69, 9.17) is 11.6 Å². The highest BCUT2D eigenvalue weighted by Gasteiger charge is 2.07. The molecule has 1 N–H and O–H groups in total. The summed E-state index contributed by atoms with van der Waals surface area (Å²) < 4.78 is 4.63. The topological polar surface area (TPSA) is 55.4 Å². The standard InChI is InChI=1S/C17H16ClNO3/c1-22-17(21)13-8-6-12(7-9-13)11-19-16(20)10-14-4-2-3-5-15(14)18/h2-9H,10-11H2,1H3,(H,19,20). The van der Waals surface area contributed by atoms with Crippen molar-refractivity contribution < 1.29 is 14.3 Å². The molecule has 0 spiro atoms. The number of hydrogen-bond acceptors (Lipinski definition) is 3. The number of esters is 1. The van der Waals surface area contributed by atoms with Crippen molar-refractivity contribution in [3.63, 3.8) is 0 Å². The van der Waals surface area contributed by atoms with Crippen molar-refractivity contribution >= 4 is 23.5 Å². The van der Waals surface area contributed by atoms with E-state index in [2.05, 4.69) is 10.1 Å². The van der Waals surface area contributed by atoms with E-state index >= 15 is 0 Å². The Hall–Kier alpha value is -2.33. The summed E-state index contributed by atoms with van der Waals surface area (Å²) in [5.74, 6) is -0.487. The zero-order chi connectivity index (χ0) is 15.9. The molecule has 0 unspecified atom stereocenters. The third-order valence-corrected chi connectivity index (χ3v) is 3.54. The number of ether oxygens (including phenoxy) is 1. The summed E-state index contributed by atoms with van der Waals surface area (Å²) in [5.41, 5.74) is 2.18. The van der Waals surface area contributed by atoms with Gasteiger partial charge in [-0.2, -0.15) is 0 Å². The number of amides is 1. The van der Waals surface area contributed by atoms with Gasteiger partial charge >= 0.3 is 5.97 Å². The minimum Gasteiger partial charge on any atom is -0.465 e. The molecule has 0 aromatic heterocycles. The van der Waals surface area contributed by atoms with Crippen molar-refractivity contribution in [1.82, 2.24) is 5.32 Å². The van der Waals surface area contributed by atoms with Crippen LogP contribution in [0.25, 0.3) is 0 Å². The third kappa shape index (κ3) is 4.33. The van der Waals surface area contributed by atoms with Crippen LogP contribution in [0.2, 0.25) is 5.02 Å². The molecule has 0 aliphatic rings. The summed E-state index contributed by atoms with van der Waals surface area (Å²) >= 11 is 6.02. The number of methoxy groups -OCH3 is 1. The van der Waals surface area contributed by atoms with Crippen molar-refractivity contribution in [3.8, 4) is 0 Å². The minimum atomic E-state index is -0.380. The van der Waals surface area contributed by atoms with Crippen molar-refractivity contribution in [2.45, 2.75) is 13.0 Å². The van der Waals surface area contributed by atoms with Gasteiger partial charge in [0.1, 0.15) is 0 Å². The predicted molar refractivity (Wildman–Crippen MR) is 84.8 cm³/mol. The van der Waals surface area contributed by atoms with Crippen LogP contribution < -0.4 is 5.32 Å². The van der Waals surface area contributed by atoms with Gasteiger partial charge in [-0.15, -0.1) is 0 Å². The van der Waals surface area contributed by atoms with Gasteiger partial charge in [0, 0.05) is 11.6 Å². The molecule has 1 amide bonds. The molecule has 0 heterocycles. The number of nitrogens with one attached hydrogen (secondary N) is 1. The Morgan fingerprint density at radius 1 is 1.09 bits per heavy atom. The first-order valence-electron chi connectivity index (χ1n) is 6.77. The maximum atomic E-state index is 11.9. The quantitative estimate of drug-likeness (QED) is 0.863. The van der Waals surface area contributed by atoms with E-state index in [1.165, 1.54) is 7.11 Å². The molecule has 0 aliphatic heterocycles. The van der Waals surface area contributed by atoms with Crippen molar-refractivity contribution in [2.24, 2.45) is 0 Å². The van der Waals surface area contributed by atoms with E-state index in [-0.39, 0.29) is 18.3 Å². The molecular formula is C17H16ClNO3. The lowest BCUT2D eigenvalue weighted by Gasteiger charge is -2.07. The van der Waals surface area contributed by atoms with Gasteiger partial charge in [0.15, 0.2) is 0 Å². The molecule has 0 saturated carbocycles. The number of carbonyl (C=O) groups is 2. The lowest BCUT2D eigenvalue weighted by atomic mass is 10.1. The maximum absolute atomic E-state index is 11.9. The minimum absolute atomic E-state index is 0.106. The summed E-state index contributed by atoms with van der Waals surface area (Å²) in [4.78, 5) is 23.2. The smallest absolute Gasteiger partial charge is 0.337 e. The first kappa shape index (κ1) is 16.0. The maximum Gasteiger partial charge on any atom is 0.337 e. The van der Waals surface area contributed by atoms with Crippen LogP contribution in [-0.2, 0) is 22.5 Å². The van der Waals surface area contributed by atoms with E-state index in [9.17, 15) is 9.59 Å². The molecule has 22 heavy (non-hydrogen) atoms. The Bertz CT molecular complexity index is 668. The molecule has 2 rings (SSSR count). The molecule has 0 atom stereocenters. The predicted octanol–water partition coefficient (Wildman–Crippen LogP) is 2.99. The molecule has 0 fully saturated rings. The van der Waals surface area contributed by atoms with Crippen molar-refractivity contribution in [3.05, 3.63) is 70.2 Å². The van der Waals surface area contributed by atoms with Crippen LogP contribution >= 0.6 is 11.6 Å². The highest BCUT2D eigenvalue weighted by Crippen LogP contribution is 2.15. The molecule has 0 bridgehead atoms. The van der Waals surface area contributed by atoms with E-state index in [0.717, 1.165) is 11.1 Å². The lowest BCUT2D eigenvalue weighted by Crippen LogP contribution is -2.24. The van der Waals surface area contributed by atoms with Gasteiger partial charge in [-0.25, -0.2) is 4.79 Å². The fourth-order valence-electron chi connectivity index (χ4n) is 1.95. The molecule has 2 aromatic rings. The summed E-state index contributed by atoms with van der Waals surface area (Å²) in [7, 11) is 1.34.